The first kappa shape index (κ1) is 20.7. The number of rotatable bonds is 3. The van der Waals surface area contributed by atoms with Crippen LogP contribution in [0.4, 0.5) is 5.69 Å². The Labute approximate surface area is 184 Å². The van der Waals surface area contributed by atoms with E-state index < -0.39 is 0 Å². The first-order valence-corrected chi connectivity index (χ1v) is 10.7. The molecule has 7 heteroatoms. The van der Waals surface area contributed by atoms with Gasteiger partial charge >= 0.3 is 0 Å². The molecule has 1 aliphatic rings. The van der Waals surface area contributed by atoms with Crippen molar-refractivity contribution in [1.82, 2.24) is 10.2 Å². The van der Waals surface area contributed by atoms with Crippen molar-refractivity contribution in [2.24, 2.45) is 5.92 Å². The summed E-state index contributed by atoms with van der Waals surface area (Å²) in [6.07, 6.45) is 2.11. The normalized spacial score (nSPS) is 14.4. The van der Waals surface area contributed by atoms with Crippen LogP contribution in [0, 0.1) is 9.49 Å². The summed E-state index contributed by atoms with van der Waals surface area (Å²) in [5, 5.41) is 5.88. The van der Waals surface area contributed by atoms with Crippen molar-refractivity contribution < 1.29 is 9.59 Å². The van der Waals surface area contributed by atoms with Crippen molar-refractivity contribution in [1.29, 1.82) is 0 Å². The molecule has 2 amide bonds. The maximum Gasteiger partial charge on any atom is 0.258 e. The number of amides is 2. The summed E-state index contributed by atoms with van der Waals surface area (Å²) in [6, 6.07) is 14.5. The molecule has 0 spiro atoms. The van der Waals surface area contributed by atoms with E-state index >= 15 is 0 Å². The summed E-state index contributed by atoms with van der Waals surface area (Å²) in [4.78, 5) is 26.8. The van der Waals surface area contributed by atoms with Crippen LogP contribution in [0.5, 0.6) is 0 Å². The third-order valence-electron chi connectivity index (χ3n) is 4.81. The highest BCUT2D eigenvalue weighted by Crippen LogP contribution is 2.19. The van der Waals surface area contributed by atoms with Gasteiger partial charge in [-0.1, -0.05) is 19.1 Å². The van der Waals surface area contributed by atoms with E-state index in [0.29, 0.717) is 17.0 Å². The topological polar surface area (TPSA) is 61.4 Å². The van der Waals surface area contributed by atoms with Gasteiger partial charge in [-0.05, 0) is 90.0 Å². The number of nitrogens with one attached hydrogen (secondary N) is 2. The van der Waals surface area contributed by atoms with Crippen molar-refractivity contribution in [3.8, 4) is 0 Å². The van der Waals surface area contributed by atoms with Gasteiger partial charge in [0, 0.05) is 27.9 Å². The lowest BCUT2D eigenvalue weighted by Gasteiger charge is -2.30. The van der Waals surface area contributed by atoms with E-state index in [9.17, 15) is 9.59 Å². The number of hydrogen-bond acceptors (Lipinski definition) is 3. The number of carbonyl (C=O) groups excluding carboxylic acids is 2. The molecule has 3 rings (SSSR count). The lowest BCUT2D eigenvalue weighted by Crippen LogP contribution is -2.37. The summed E-state index contributed by atoms with van der Waals surface area (Å²) in [6.45, 7) is 3.85. The molecule has 2 aromatic rings. The van der Waals surface area contributed by atoms with Crippen LogP contribution in [0.2, 0.25) is 0 Å². The summed E-state index contributed by atoms with van der Waals surface area (Å²) >= 11 is 7.35. The van der Waals surface area contributed by atoms with Gasteiger partial charge in [0.1, 0.15) is 0 Å². The molecule has 0 aliphatic carbocycles. The molecule has 0 aromatic heterocycles. The number of thiocarbonyl (C=S) groups is 1. The third-order valence-corrected chi connectivity index (χ3v) is 5.95. The zero-order chi connectivity index (χ0) is 20.1. The number of likely N-dealkylation sites (tertiary alicyclic amines) is 1. The van der Waals surface area contributed by atoms with Crippen LogP contribution < -0.4 is 10.6 Å². The van der Waals surface area contributed by atoms with Gasteiger partial charge in [-0.15, -0.1) is 0 Å². The van der Waals surface area contributed by atoms with Crippen LogP contribution in [-0.4, -0.2) is 34.9 Å². The molecule has 5 nitrogen and oxygen atoms in total. The molecule has 28 heavy (non-hydrogen) atoms. The van der Waals surface area contributed by atoms with Gasteiger partial charge in [0.2, 0.25) is 0 Å². The van der Waals surface area contributed by atoms with E-state index in [0.717, 1.165) is 35.2 Å². The molecule has 0 bridgehead atoms. The van der Waals surface area contributed by atoms with Gasteiger partial charge in [0.15, 0.2) is 5.11 Å². The molecule has 1 aliphatic heterocycles. The van der Waals surface area contributed by atoms with E-state index in [2.05, 4.69) is 40.1 Å². The molecule has 1 heterocycles. The Morgan fingerprint density at radius 2 is 1.71 bits per heavy atom. The fourth-order valence-electron chi connectivity index (χ4n) is 3.07. The van der Waals surface area contributed by atoms with Crippen molar-refractivity contribution >= 4 is 57.4 Å². The van der Waals surface area contributed by atoms with Crippen LogP contribution >= 0.6 is 34.8 Å². The van der Waals surface area contributed by atoms with Gasteiger partial charge < -0.3 is 10.2 Å². The average molecular weight is 507 g/mol. The van der Waals surface area contributed by atoms with E-state index in [-0.39, 0.29) is 16.9 Å². The van der Waals surface area contributed by atoms with Crippen molar-refractivity contribution in [2.45, 2.75) is 19.8 Å². The highest BCUT2D eigenvalue weighted by Gasteiger charge is 2.21. The van der Waals surface area contributed by atoms with Crippen LogP contribution in [0.3, 0.4) is 0 Å². The Hall–Kier alpha value is -2.00. The highest BCUT2D eigenvalue weighted by molar-refractivity contribution is 14.1. The highest BCUT2D eigenvalue weighted by atomic mass is 127. The van der Waals surface area contributed by atoms with Crippen molar-refractivity contribution in [3.05, 3.63) is 63.2 Å². The smallest absolute Gasteiger partial charge is 0.258 e. The molecule has 2 N–H and O–H groups in total. The lowest BCUT2D eigenvalue weighted by molar-refractivity contribution is 0.0697. The Bertz CT molecular complexity index is 877. The quantitative estimate of drug-likeness (QED) is 0.481. The summed E-state index contributed by atoms with van der Waals surface area (Å²) in [7, 11) is 0. The number of piperidine rings is 1. The maximum absolute atomic E-state index is 12.6. The van der Waals surface area contributed by atoms with Crippen LogP contribution in [-0.2, 0) is 0 Å². The summed E-state index contributed by atoms with van der Waals surface area (Å²) in [5.74, 6) is 0.493. The molecule has 1 saturated heterocycles. The molecular formula is C21H22IN3O2S. The second kappa shape index (κ2) is 9.47. The van der Waals surface area contributed by atoms with Gasteiger partial charge in [-0.25, -0.2) is 0 Å². The van der Waals surface area contributed by atoms with E-state index in [1.807, 2.05) is 23.1 Å². The number of benzene rings is 2. The minimum absolute atomic E-state index is 0.0629. The molecule has 1 fully saturated rings. The summed E-state index contributed by atoms with van der Waals surface area (Å²) < 4.78 is 0.857. The zero-order valence-corrected chi connectivity index (χ0v) is 18.5. The Morgan fingerprint density at radius 3 is 2.36 bits per heavy atom. The van der Waals surface area contributed by atoms with Gasteiger partial charge in [-0.2, -0.15) is 0 Å². The second-order valence-corrected chi connectivity index (χ2v) is 8.51. The van der Waals surface area contributed by atoms with E-state index in [1.54, 1.807) is 30.3 Å². The molecule has 0 unspecified atom stereocenters. The van der Waals surface area contributed by atoms with Crippen LogP contribution in [0.25, 0.3) is 0 Å². The Balaban J connectivity index is 1.56. The first-order chi connectivity index (χ1) is 13.4. The van der Waals surface area contributed by atoms with Gasteiger partial charge in [-0.3, -0.25) is 14.9 Å². The first-order valence-electron chi connectivity index (χ1n) is 9.20. The minimum Gasteiger partial charge on any atom is -0.339 e. The number of nitrogens with zero attached hydrogens (tertiary/aromatic N) is 1. The SMILES string of the molecule is CC1CCN(C(=O)c2ccc(NC(=S)NC(=O)c3ccccc3I)cc2)CC1. The summed E-state index contributed by atoms with van der Waals surface area (Å²) in [5.41, 5.74) is 1.95. The second-order valence-electron chi connectivity index (χ2n) is 6.94. The zero-order valence-electron chi connectivity index (χ0n) is 15.6. The Morgan fingerprint density at radius 1 is 1.07 bits per heavy atom. The predicted octanol–water partition coefficient (Wildman–Crippen LogP) is 4.29. The lowest BCUT2D eigenvalue weighted by atomic mass is 9.98. The van der Waals surface area contributed by atoms with E-state index in [4.69, 9.17) is 12.2 Å². The monoisotopic (exact) mass is 507 g/mol. The average Bonchev–Trinajstić information content (AvgIpc) is 2.69. The van der Waals surface area contributed by atoms with Gasteiger partial charge in [0.05, 0.1) is 5.56 Å². The molecule has 146 valence electrons. The van der Waals surface area contributed by atoms with Crippen LogP contribution in [0.15, 0.2) is 48.5 Å². The predicted molar refractivity (Wildman–Crippen MR) is 124 cm³/mol. The fraction of sp³-hybridized carbons (Fsp3) is 0.286. The number of halogens is 1. The van der Waals surface area contributed by atoms with Gasteiger partial charge in [0.25, 0.3) is 11.8 Å². The van der Waals surface area contributed by atoms with Crippen LogP contribution in [0.1, 0.15) is 40.5 Å². The van der Waals surface area contributed by atoms with E-state index in [1.165, 1.54) is 0 Å². The molecule has 2 aromatic carbocycles. The number of carbonyl (C=O) groups is 2. The van der Waals surface area contributed by atoms with Crippen molar-refractivity contribution in [2.75, 3.05) is 18.4 Å². The number of hydrogen-bond donors (Lipinski definition) is 2. The number of anilines is 1. The molecule has 0 radical (unpaired) electrons. The maximum atomic E-state index is 12.6. The third kappa shape index (κ3) is 5.29. The van der Waals surface area contributed by atoms with Crippen molar-refractivity contribution in [3.63, 3.8) is 0 Å². The molecule has 0 atom stereocenters. The Kier molecular flexibility index (Phi) is 7.01. The molecular weight excluding hydrogens is 485 g/mol. The minimum atomic E-state index is -0.256. The standard InChI is InChI=1S/C21H22IN3O2S/c1-14-10-12-25(13-11-14)20(27)15-6-8-16(9-7-15)23-21(28)24-19(26)17-4-2-3-5-18(17)22/h2-9,14H,10-13H2,1H3,(H2,23,24,26,28). The molecule has 0 saturated carbocycles. The fourth-order valence-corrected chi connectivity index (χ4v) is 3.91. The largest absolute Gasteiger partial charge is 0.339 e.